The summed E-state index contributed by atoms with van der Waals surface area (Å²) in [5.74, 6) is -0.273. The maximum atomic E-state index is 13.9. The fraction of sp³-hybridized carbons (Fsp3) is 0.310. The molecular weight excluding hydrogens is 548 g/mol. The van der Waals surface area contributed by atoms with Gasteiger partial charge in [0.25, 0.3) is 15.7 Å². The Kier molecular flexibility index (Phi) is 10.4. The van der Waals surface area contributed by atoms with E-state index in [0.717, 1.165) is 10.4 Å². The van der Waals surface area contributed by atoms with Crippen LogP contribution in [0.4, 0.5) is 11.4 Å². The predicted molar refractivity (Wildman–Crippen MR) is 155 cm³/mol. The number of carbonyl (C=O) groups is 2. The van der Waals surface area contributed by atoms with Crippen molar-refractivity contribution in [3.8, 4) is 5.75 Å². The van der Waals surface area contributed by atoms with Crippen molar-refractivity contribution in [2.24, 2.45) is 5.92 Å². The van der Waals surface area contributed by atoms with Gasteiger partial charge in [0.1, 0.15) is 18.3 Å². The quantitative estimate of drug-likeness (QED) is 0.237. The van der Waals surface area contributed by atoms with Gasteiger partial charge in [-0.2, -0.15) is 0 Å². The number of amides is 2. The Morgan fingerprint density at radius 2 is 1.63 bits per heavy atom. The highest BCUT2D eigenvalue weighted by Gasteiger charge is 2.33. The lowest BCUT2D eigenvalue weighted by Crippen LogP contribution is -2.51. The van der Waals surface area contributed by atoms with Crippen molar-refractivity contribution in [3.05, 3.63) is 94.5 Å². The molecule has 0 aliphatic carbocycles. The van der Waals surface area contributed by atoms with Crippen LogP contribution >= 0.6 is 0 Å². The van der Waals surface area contributed by atoms with Gasteiger partial charge in [-0.05, 0) is 48.7 Å². The summed E-state index contributed by atoms with van der Waals surface area (Å²) in [6, 6.07) is 18.5. The number of nitrogens with one attached hydrogen (secondary N) is 1. The summed E-state index contributed by atoms with van der Waals surface area (Å²) in [5.41, 5.74) is 0.299. The molecule has 0 saturated carbocycles. The van der Waals surface area contributed by atoms with Crippen molar-refractivity contribution < 1.29 is 27.7 Å². The number of anilines is 1. The Balaban J connectivity index is 2.04. The molecule has 0 bridgehead atoms. The zero-order valence-electron chi connectivity index (χ0n) is 23.4. The van der Waals surface area contributed by atoms with Gasteiger partial charge >= 0.3 is 0 Å². The van der Waals surface area contributed by atoms with Crippen molar-refractivity contribution in [1.82, 2.24) is 10.2 Å². The van der Waals surface area contributed by atoms with Crippen molar-refractivity contribution in [2.75, 3.05) is 24.5 Å². The molecule has 3 aromatic carbocycles. The summed E-state index contributed by atoms with van der Waals surface area (Å²) in [6.45, 7) is 5.16. The lowest BCUT2D eigenvalue weighted by molar-refractivity contribution is -0.384. The minimum atomic E-state index is -4.33. The van der Waals surface area contributed by atoms with Gasteiger partial charge in [-0.1, -0.05) is 50.2 Å². The molecule has 0 aliphatic heterocycles. The average molecular weight is 583 g/mol. The number of sulfonamides is 1. The number of ether oxygens (including phenoxy) is 1. The third-order valence-electron chi connectivity index (χ3n) is 6.30. The molecule has 3 rings (SSSR count). The molecule has 12 heteroatoms. The first-order valence-corrected chi connectivity index (χ1v) is 14.4. The predicted octanol–water partition coefficient (Wildman–Crippen LogP) is 3.99. The van der Waals surface area contributed by atoms with Crippen molar-refractivity contribution >= 4 is 33.2 Å². The molecule has 0 spiro atoms. The molecule has 0 aliphatic rings. The van der Waals surface area contributed by atoms with Gasteiger partial charge < -0.3 is 15.0 Å². The molecule has 2 amide bonds. The normalized spacial score (nSPS) is 11.9. The van der Waals surface area contributed by atoms with Crippen LogP contribution < -0.4 is 14.4 Å². The SMILES string of the molecule is COc1ccc(CN(C(=O)CN(c2cccc([N+](=O)[O-])c2)S(=O)(=O)c2ccccc2)C(C)C(=O)NCC(C)C)cc1. The molecule has 218 valence electrons. The number of carbonyl (C=O) groups excluding carboxylic acids is 2. The summed E-state index contributed by atoms with van der Waals surface area (Å²) in [4.78, 5) is 39.0. The van der Waals surface area contributed by atoms with Crippen LogP contribution in [-0.2, 0) is 26.2 Å². The zero-order valence-corrected chi connectivity index (χ0v) is 24.2. The van der Waals surface area contributed by atoms with Crippen molar-refractivity contribution in [2.45, 2.75) is 38.3 Å². The molecule has 0 fully saturated rings. The Labute approximate surface area is 239 Å². The number of methoxy groups -OCH3 is 1. The van der Waals surface area contributed by atoms with Crippen LogP contribution in [0.15, 0.2) is 83.8 Å². The molecule has 1 atom stereocenters. The molecule has 0 heterocycles. The highest BCUT2D eigenvalue weighted by Crippen LogP contribution is 2.27. The van der Waals surface area contributed by atoms with E-state index < -0.39 is 39.3 Å². The first-order valence-electron chi connectivity index (χ1n) is 13.0. The monoisotopic (exact) mass is 582 g/mol. The Morgan fingerprint density at radius 1 is 0.976 bits per heavy atom. The van der Waals surface area contributed by atoms with E-state index in [4.69, 9.17) is 4.74 Å². The van der Waals surface area contributed by atoms with Crippen molar-refractivity contribution in [3.63, 3.8) is 0 Å². The number of hydrogen-bond donors (Lipinski definition) is 1. The lowest BCUT2D eigenvalue weighted by Gasteiger charge is -2.32. The summed E-state index contributed by atoms with van der Waals surface area (Å²) in [6.07, 6.45) is 0. The van der Waals surface area contributed by atoms with Crippen LogP contribution in [0.5, 0.6) is 5.75 Å². The summed E-state index contributed by atoms with van der Waals surface area (Å²) in [7, 11) is -2.80. The third-order valence-corrected chi connectivity index (χ3v) is 8.09. The standard InChI is InChI=1S/C29H34N4O7S/c1-21(2)18-30-29(35)22(3)31(19-23-13-15-26(40-4)16-14-23)28(34)20-32(24-9-8-10-25(17-24)33(36)37)41(38,39)27-11-6-5-7-12-27/h5-17,21-22H,18-20H2,1-4H3,(H,30,35). The Hall–Kier alpha value is -4.45. The zero-order chi connectivity index (χ0) is 30.2. The summed E-state index contributed by atoms with van der Waals surface area (Å²) >= 11 is 0. The van der Waals surface area contributed by atoms with Gasteiger partial charge in [0, 0.05) is 25.2 Å². The molecule has 0 radical (unpaired) electrons. The molecule has 3 aromatic rings. The van der Waals surface area contributed by atoms with Crippen LogP contribution in [0.3, 0.4) is 0 Å². The van der Waals surface area contributed by atoms with Gasteiger partial charge in [-0.25, -0.2) is 8.42 Å². The van der Waals surface area contributed by atoms with Gasteiger partial charge in [-0.3, -0.25) is 24.0 Å². The lowest BCUT2D eigenvalue weighted by atomic mass is 10.1. The minimum Gasteiger partial charge on any atom is -0.497 e. The van der Waals surface area contributed by atoms with Gasteiger partial charge in [0.2, 0.25) is 11.8 Å². The van der Waals surface area contributed by atoms with Crippen LogP contribution in [0.25, 0.3) is 0 Å². The Bertz CT molecular complexity index is 1460. The molecule has 0 aromatic heterocycles. The van der Waals surface area contributed by atoms with Crippen LogP contribution in [0.2, 0.25) is 0 Å². The smallest absolute Gasteiger partial charge is 0.271 e. The van der Waals surface area contributed by atoms with Crippen LogP contribution in [0, 0.1) is 16.0 Å². The largest absolute Gasteiger partial charge is 0.497 e. The number of nitro groups is 1. The fourth-order valence-corrected chi connectivity index (χ4v) is 5.40. The second kappa shape index (κ2) is 13.8. The van der Waals surface area contributed by atoms with E-state index in [1.807, 2.05) is 13.8 Å². The number of hydrogen-bond acceptors (Lipinski definition) is 7. The summed E-state index contributed by atoms with van der Waals surface area (Å²) < 4.78 is 33.6. The maximum absolute atomic E-state index is 13.9. The fourth-order valence-electron chi connectivity index (χ4n) is 3.97. The summed E-state index contributed by atoms with van der Waals surface area (Å²) in [5, 5.41) is 14.3. The number of non-ortho nitro benzene ring substituents is 1. The average Bonchev–Trinajstić information content (AvgIpc) is 2.97. The highest BCUT2D eigenvalue weighted by molar-refractivity contribution is 7.92. The first kappa shape index (κ1) is 31.1. The molecule has 1 N–H and O–H groups in total. The molecule has 11 nitrogen and oxygen atoms in total. The maximum Gasteiger partial charge on any atom is 0.271 e. The number of nitro benzene ring substituents is 1. The van der Waals surface area contributed by atoms with E-state index >= 15 is 0 Å². The van der Waals surface area contributed by atoms with Gasteiger partial charge in [0.15, 0.2) is 0 Å². The second-order valence-corrected chi connectivity index (χ2v) is 11.6. The topological polar surface area (TPSA) is 139 Å². The van der Waals surface area contributed by atoms with E-state index in [0.29, 0.717) is 17.9 Å². The molecule has 0 saturated heterocycles. The highest BCUT2D eigenvalue weighted by atomic mass is 32.2. The Morgan fingerprint density at radius 3 is 2.22 bits per heavy atom. The second-order valence-electron chi connectivity index (χ2n) is 9.79. The van der Waals surface area contributed by atoms with Crippen LogP contribution in [0.1, 0.15) is 26.3 Å². The third kappa shape index (κ3) is 8.04. The van der Waals surface area contributed by atoms with Gasteiger partial charge in [-0.15, -0.1) is 0 Å². The van der Waals surface area contributed by atoms with E-state index in [1.165, 1.54) is 54.5 Å². The number of nitrogens with zero attached hydrogens (tertiary/aromatic N) is 3. The number of rotatable bonds is 13. The molecular formula is C29H34N4O7S. The van der Waals surface area contributed by atoms with E-state index in [1.54, 1.807) is 37.3 Å². The van der Waals surface area contributed by atoms with Crippen LogP contribution in [-0.4, -0.2) is 56.3 Å². The van der Waals surface area contributed by atoms with Gasteiger partial charge in [0.05, 0.1) is 22.6 Å². The molecule has 1 unspecified atom stereocenters. The molecule has 41 heavy (non-hydrogen) atoms. The van der Waals surface area contributed by atoms with E-state index in [9.17, 15) is 28.1 Å². The van der Waals surface area contributed by atoms with E-state index in [2.05, 4.69) is 5.32 Å². The number of benzene rings is 3. The van der Waals surface area contributed by atoms with Crippen molar-refractivity contribution in [1.29, 1.82) is 0 Å². The van der Waals surface area contributed by atoms with E-state index in [-0.39, 0.29) is 28.7 Å². The first-order chi connectivity index (χ1) is 19.4. The minimum absolute atomic E-state index is 0.00720.